The Morgan fingerprint density at radius 3 is 3.11 bits per heavy atom. The van der Waals surface area contributed by atoms with Crippen molar-refractivity contribution in [3.05, 3.63) is 5.82 Å². The van der Waals surface area contributed by atoms with Gasteiger partial charge in [-0.25, -0.2) is 4.68 Å². The number of hydrogen-bond acceptors (Lipinski definition) is 5. The topological polar surface area (TPSA) is 64.9 Å². The second kappa shape index (κ2) is 6.80. The molecule has 0 bridgehead atoms. The van der Waals surface area contributed by atoms with E-state index in [1.165, 1.54) is 6.42 Å². The van der Waals surface area contributed by atoms with Crippen molar-refractivity contribution < 1.29 is 4.74 Å². The maximum atomic E-state index is 5.49. The smallest absolute Gasteiger partial charge is 0.165 e. The molecule has 0 spiro atoms. The molecule has 1 aliphatic heterocycles. The summed E-state index contributed by atoms with van der Waals surface area (Å²) in [6.45, 7) is 8.70. The normalized spacial score (nSPS) is 20.5. The Hall–Kier alpha value is -1.01. The summed E-state index contributed by atoms with van der Waals surface area (Å²) >= 11 is 0. The van der Waals surface area contributed by atoms with Crippen LogP contribution in [0.25, 0.3) is 0 Å². The van der Waals surface area contributed by atoms with Crippen molar-refractivity contribution in [2.75, 3.05) is 19.8 Å². The standard InChI is InChI=1S/C12H23N5O/c1-10(2)6-13-7-12-14-15-16-17(12)8-11-4-3-5-18-9-11/h10-11,13H,3-9H2,1-2H3. The van der Waals surface area contributed by atoms with Gasteiger partial charge in [-0.1, -0.05) is 13.8 Å². The molecule has 1 aromatic rings. The SMILES string of the molecule is CC(C)CNCc1nnnn1CC1CCCOC1. The molecule has 2 heterocycles. The van der Waals surface area contributed by atoms with Crippen LogP contribution in [0.2, 0.25) is 0 Å². The Labute approximate surface area is 108 Å². The predicted octanol–water partition coefficient (Wildman–Crippen LogP) is 0.845. The van der Waals surface area contributed by atoms with E-state index < -0.39 is 0 Å². The summed E-state index contributed by atoms with van der Waals surface area (Å²) in [6, 6.07) is 0. The maximum absolute atomic E-state index is 5.49. The van der Waals surface area contributed by atoms with Gasteiger partial charge in [-0.3, -0.25) is 0 Å². The molecular weight excluding hydrogens is 230 g/mol. The molecule has 0 aliphatic carbocycles. The van der Waals surface area contributed by atoms with Crippen molar-refractivity contribution in [3.63, 3.8) is 0 Å². The van der Waals surface area contributed by atoms with Gasteiger partial charge in [0.25, 0.3) is 0 Å². The summed E-state index contributed by atoms with van der Waals surface area (Å²) in [7, 11) is 0. The summed E-state index contributed by atoms with van der Waals surface area (Å²) < 4.78 is 7.40. The average Bonchev–Trinajstić information content (AvgIpc) is 2.78. The Morgan fingerprint density at radius 2 is 2.39 bits per heavy atom. The molecule has 1 atom stereocenters. The van der Waals surface area contributed by atoms with Crippen LogP contribution in [0.4, 0.5) is 0 Å². The molecule has 102 valence electrons. The molecule has 1 saturated heterocycles. The van der Waals surface area contributed by atoms with Gasteiger partial charge >= 0.3 is 0 Å². The first-order valence-corrected chi connectivity index (χ1v) is 6.79. The van der Waals surface area contributed by atoms with E-state index in [9.17, 15) is 0 Å². The quantitative estimate of drug-likeness (QED) is 0.814. The second-order valence-electron chi connectivity index (χ2n) is 5.39. The van der Waals surface area contributed by atoms with E-state index in [2.05, 4.69) is 34.7 Å². The van der Waals surface area contributed by atoms with E-state index in [1.807, 2.05) is 4.68 Å². The summed E-state index contributed by atoms with van der Waals surface area (Å²) in [5.74, 6) is 2.10. The minimum absolute atomic E-state index is 0.547. The maximum Gasteiger partial charge on any atom is 0.165 e. The van der Waals surface area contributed by atoms with Crippen LogP contribution in [0.15, 0.2) is 0 Å². The highest BCUT2D eigenvalue weighted by molar-refractivity contribution is 4.81. The predicted molar refractivity (Wildman–Crippen MR) is 67.9 cm³/mol. The summed E-state index contributed by atoms with van der Waals surface area (Å²) in [4.78, 5) is 0. The van der Waals surface area contributed by atoms with Crippen molar-refractivity contribution in [1.82, 2.24) is 25.5 Å². The molecule has 1 aromatic heterocycles. The minimum atomic E-state index is 0.547. The zero-order valence-corrected chi connectivity index (χ0v) is 11.3. The molecular formula is C12H23N5O. The van der Waals surface area contributed by atoms with Crippen LogP contribution in [0.3, 0.4) is 0 Å². The molecule has 18 heavy (non-hydrogen) atoms. The fraction of sp³-hybridized carbons (Fsp3) is 0.917. The molecule has 6 heteroatoms. The van der Waals surface area contributed by atoms with Gasteiger partial charge in [-0.15, -0.1) is 5.10 Å². The zero-order chi connectivity index (χ0) is 12.8. The van der Waals surface area contributed by atoms with Crippen molar-refractivity contribution in [2.45, 2.75) is 39.8 Å². The number of nitrogens with zero attached hydrogens (tertiary/aromatic N) is 4. The van der Waals surface area contributed by atoms with Crippen LogP contribution in [0.1, 0.15) is 32.5 Å². The molecule has 0 amide bonds. The lowest BCUT2D eigenvalue weighted by atomic mass is 10.0. The van der Waals surface area contributed by atoms with Gasteiger partial charge < -0.3 is 10.1 Å². The third kappa shape index (κ3) is 4.03. The number of rotatable bonds is 6. The minimum Gasteiger partial charge on any atom is -0.381 e. The summed E-state index contributed by atoms with van der Waals surface area (Å²) in [5, 5.41) is 15.3. The van der Waals surface area contributed by atoms with Crippen molar-refractivity contribution in [3.8, 4) is 0 Å². The number of aromatic nitrogens is 4. The van der Waals surface area contributed by atoms with E-state index >= 15 is 0 Å². The summed E-state index contributed by atoms with van der Waals surface area (Å²) in [5.41, 5.74) is 0. The fourth-order valence-corrected chi connectivity index (χ4v) is 2.16. The van der Waals surface area contributed by atoms with Gasteiger partial charge in [0.05, 0.1) is 13.2 Å². The fourth-order valence-electron chi connectivity index (χ4n) is 2.16. The summed E-state index contributed by atoms with van der Waals surface area (Å²) in [6.07, 6.45) is 2.35. The lowest BCUT2D eigenvalue weighted by Crippen LogP contribution is -2.26. The Bertz CT molecular complexity index is 346. The Balaban J connectivity index is 1.82. The molecule has 0 radical (unpaired) electrons. The first kappa shape index (κ1) is 13.4. The first-order valence-electron chi connectivity index (χ1n) is 6.79. The van der Waals surface area contributed by atoms with Crippen LogP contribution < -0.4 is 5.32 Å². The van der Waals surface area contributed by atoms with E-state index in [0.717, 1.165) is 45.1 Å². The van der Waals surface area contributed by atoms with Crippen LogP contribution in [-0.4, -0.2) is 40.0 Å². The lowest BCUT2D eigenvalue weighted by Gasteiger charge is -2.22. The van der Waals surface area contributed by atoms with Gasteiger partial charge in [-0.05, 0) is 35.7 Å². The highest BCUT2D eigenvalue weighted by Crippen LogP contribution is 2.15. The monoisotopic (exact) mass is 253 g/mol. The Morgan fingerprint density at radius 1 is 1.50 bits per heavy atom. The van der Waals surface area contributed by atoms with Crippen LogP contribution in [-0.2, 0) is 17.8 Å². The van der Waals surface area contributed by atoms with Crippen LogP contribution in [0.5, 0.6) is 0 Å². The van der Waals surface area contributed by atoms with E-state index in [-0.39, 0.29) is 0 Å². The van der Waals surface area contributed by atoms with Gasteiger partial charge in [0.1, 0.15) is 0 Å². The van der Waals surface area contributed by atoms with Gasteiger partial charge in [0.15, 0.2) is 5.82 Å². The van der Waals surface area contributed by atoms with Crippen LogP contribution in [0, 0.1) is 11.8 Å². The molecule has 1 fully saturated rings. The van der Waals surface area contributed by atoms with E-state index in [0.29, 0.717) is 11.8 Å². The molecule has 1 aliphatic rings. The average molecular weight is 253 g/mol. The first-order chi connectivity index (χ1) is 8.75. The van der Waals surface area contributed by atoms with Crippen molar-refractivity contribution >= 4 is 0 Å². The molecule has 2 rings (SSSR count). The molecule has 0 aromatic carbocycles. The van der Waals surface area contributed by atoms with Gasteiger partial charge in [-0.2, -0.15) is 0 Å². The Kier molecular flexibility index (Phi) is 5.07. The molecule has 6 nitrogen and oxygen atoms in total. The van der Waals surface area contributed by atoms with E-state index in [1.54, 1.807) is 0 Å². The molecule has 0 saturated carbocycles. The molecule has 1 N–H and O–H groups in total. The van der Waals surface area contributed by atoms with Gasteiger partial charge in [0, 0.05) is 19.1 Å². The van der Waals surface area contributed by atoms with E-state index in [4.69, 9.17) is 4.74 Å². The largest absolute Gasteiger partial charge is 0.381 e. The second-order valence-corrected chi connectivity index (χ2v) is 5.39. The number of nitrogens with one attached hydrogen (secondary N) is 1. The lowest BCUT2D eigenvalue weighted by molar-refractivity contribution is 0.0464. The number of hydrogen-bond donors (Lipinski definition) is 1. The third-order valence-electron chi connectivity index (χ3n) is 3.13. The highest BCUT2D eigenvalue weighted by Gasteiger charge is 2.17. The van der Waals surface area contributed by atoms with Gasteiger partial charge in [0.2, 0.25) is 0 Å². The third-order valence-corrected chi connectivity index (χ3v) is 3.13. The molecule has 1 unspecified atom stereocenters. The zero-order valence-electron chi connectivity index (χ0n) is 11.3. The van der Waals surface area contributed by atoms with Crippen LogP contribution >= 0.6 is 0 Å². The van der Waals surface area contributed by atoms with Crippen molar-refractivity contribution in [2.24, 2.45) is 11.8 Å². The highest BCUT2D eigenvalue weighted by atomic mass is 16.5. The number of ether oxygens (including phenoxy) is 1. The number of tetrazole rings is 1. The van der Waals surface area contributed by atoms with Crippen molar-refractivity contribution in [1.29, 1.82) is 0 Å².